The molecule has 4 nitrogen and oxygen atoms in total. The summed E-state index contributed by atoms with van der Waals surface area (Å²) in [5, 5.41) is 0.659. The Balaban J connectivity index is 2.39. The van der Waals surface area contributed by atoms with Gasteiger partial charge < -0.3 is 15.2 Å². The Bertz CT molecular complexity index is 373. The van der Waals surface area contributed by atoms with Crippen LogP contribution in [0.1, 0.15) is 13.8 Å². The van der Waals surface area contributed by atoms with Gasteiger partial charge in [0.25, 0.3) is 0 Å². The first-order chi connectivity index (χ1) is 8.00. The second kappa shape index (κ2) is 6.89. The third-order valence-corrected chi connectivity index (χ3v) is 2.42. The van der Waals surface area contributed by atoms with Gasteiger partial charge in [0.15, 0.2) is 0 Å². The molecule has 17 heavy (non-hydrogen) atoms. The molecule has 0 unspecified atom stereocenters. The third kappa shape index (κ3) is 4.98. The van der Waals surface area contributed by atoms with Crippen molar-refractivity contribution in [1.82, 2.24) is 4.98 Å². The largest absolute Gasteiger partial charge is 0.474 e. The number of halogens is 2. The van der Waals surface area contributed by atoms with Gasteiger partial charge in [-0.15, -0.1) is 0 Å². The molecule has 1 aromatic rings. The molecule has 0 saturated heterocycles. The summed E-state index contributed by atoms with van der Waals surface area (Å²) in [6.07, 6.45) is 0. The molecular weight excluding hydrogens is 263 g/mol. The van der Waals surface area contributed by atoms with Crippen LogP contribution in [-0.4, -0.2) is 24.8 Å². The molecule has 0 amide bonds. The zero-order valence-corrected chi connectivity index (χ0v) is 11.4. The number of hydrogen-bond acceptors (Lipinski definition) is 4. The highest BCUT2D eigenvalue weighted by Crippen LogP contribution is 2.28. The van der Waals surface area contributed by atoms with E-state index < -0.39 is 0 Å². The van der Waals surface area contributed by atoms with E-state index >= 15 is 0 Å². The second-order valence-electron chi connectivity index (χ2n) is 3.96. The molecule has 6 heteroatoms. The van der Waals surface area contributed by atoms with E-state index in [9.17, 15) is 0 Å². The quantitative estimate of drug-likeness (QED) is 0.813. The van der Waals surface area contributed by atoms with E-state index in [1.54, 1.807) is 0 Å². The monoisotopic (exact) mass is 278 g/mol. The molecule has 0 aliphatic carbocycles. The average molecular weight is 279 g/mol. The second-order valence-corrected chi connectivity index (χ2v) is 4.77. The van der Waals surface area contributed by atoms with Gasteiger partial charge in [0, 0.05) is 6.61 Å². The van der Waals surface area contributed by atoms with Crippen LogP contribution in [0, 0.1) is 5.92 Å². The summed E-state index contributed by atoms with van der Waals surface area (Å²) in [7, 11) is 0. The fourth-order valence-electron chi connectivity index (χ4n) is 1.08. The number of aromatic nitrogens is 1. The van der Waals surface area contributed by atoms with E-state index in [-0.39, 0.29) is 11.7 Å². The fraction of sp³-hybridized carbons (Fsp3) is 0.545. The van der Waals surface area contributed by atoms with Crippen LogP contribution in [0.3, 0.4) is 0 Å². The molecular formula is C11H16Cl2N2O2. The van der Waals surface area contributed by atoms with Gasteiger partial charge in [-0.25, -0.2) is 0 Å². The Labute approximate surface area is 111 Å². The summed E-state index contributed by atoms with van der Waals surface area (Å²) in [6.45, 7) is 5.73. The van der Waals surface area contributed by atoms with E-state index in [0.29, 0.717) is 35.8 Å². The lowest BCUT2D eigenvalue weighted by Crippen LogP contribution is -2.11. The molecule has 0 radical (unpaired) electrons. The van der Waals surface area contributed by atoms with Crippen LogP contribution in [0.2, 0.25) is 10.0 Å². The first-order valence-electron chi connectivity index (χ1n) is 5.32. The van der Waals surface area contributed by atoms with Crippen LogP contribution in [0.25, 0.3) is 0 Å². The van der Waals surface area contributed by atoms with Gasteiger partial charge in [0.05, 0.1) is 11.6 Å². The number of ether oxygens (including phenoxy) is 2. The highest BCUT2D eigenvalue weighted by molar-refractivity contribution is 6.36. The number of pyridine rings is 1. The molecule has 1 rings (SSSR count). The number of nitrogen functional groups attached to an aromatic ring is 1. The van der Waals surface area contributed by atoms with Crippen molar-refractivity contribution in [1.29, 1.82) is 0 Å². The van der Waals surface area contributed by atoms with Gasteiger partial charge in [0.1, 0.15) is 17.4 Å². The Hall–Kier alpha value is -0.710. The Kier molecular flexibility index (Phi) is 5.82. The van der Waals surface area contributed by atoms with Crippen LogP contribution in [-0.2, 0) is 4.74 Å². The average Bonchev–Trinajstić information content (AvgIpc) is 2.24. The molecule has 1 aromatic heterocycles. The van der Waals surface area contributed by atoms with Crippen molar-refractivity contribution in [3.8, 4) is 5.88 Å². The molecule has 0 aliphatic heterocycles. The molecule has 0 aromatic carbocycles. The van der Waals surface area contributed by atoms with Crippen molar-refractivity contribution in [2.45, 2.75) is 13.8 Å². The fourth-order valence-corrected chi connectivity index (χ4v) is 1.49. The summed E-state index contributed by atoms with van der Waals surface area (Å²) in [4.78, 5) is 3.94. The van der Waals surface area contributed by atoms with Crippen LogP contribution in [0.4, 0.5) is 5.82 Å². The highest BCUT2D eigenvalue weighted by atomic mass is 35.5. The third-order valence-electron chi connectivity index (χ3n) is 1.84. The van der Waals surface area contributed by atoms with E-state index in [1.165, 1.54) is 6.07 Å². The molecule has 0 bridgehead atoms. The molecule has 0 aliphatic rings. The first-order valence-corrected chi connectivity index (χ1v) is 6.08. The van der Waals surface area contributed by atoms with Gasteiger partial charge in [-0.3, -0.25) is 0 Å². The topological polar surface area (TPSA) is 57.4 Å². The molecule has 0 fully saturated rings. The summed E-state index contributed by atoms with van der Waals surface area (Å²) >= 11 is 11.6. The molecule has 0 atom stereocenters. The van der Waals surface area contributed by atoms with Gasteiger partial charge in [-0.05, 0) is 12.0 Å². The van der Waals surface area contributed by atoms with E-state index in [0.717, 1.165) is 0 Å². The summed E-state index contributed by atoms with van der Waals surface area (Å²) < 4.78 is 10.7. The maximum absolute atomic E-state index is 5.90. The first kappa shape index (κ1) is 14.4. The summed E-state index contributed by atoms with van der Waals surface area (Å²) in [5.74, 6) is 0.985. The maximum Gasteiger partial charge on any atom is 0.234 e. The van der Waals surface area contributed by atoms with Crippen LogP contribution in [0.5, 0.6) is 5.88 Å². The number of anilines is 1. The number of nitrogens with two attached hydrogens (primary N) is 1. The predicted octanol–water partition coefficient (Wildman–Crippen LogP) is 3.02. The number of rotatable bonds is 6. The minimum absolute atomic E-state index is 0.203. The zero-order chi connectivity index (χ0) is 12.8. The van der Waals surface area contributed by atoms with E-state index in [2.05, 4.69) is 18.8 Å². The Morgan fingerprint density at radius 2 is 2.00 bits per heavy atom. The van der Waals surface area contributed by atoms with Crippen molar-refractivity contribution < 1.29 is 9.47 Å². The normalized spacial score (nSPS) is 10.9. The molecule has 1 heterocycles. The van der Waals surface area contributed by atoms with Gasteiger partial charge >= 0.3 is 0 Å². The van der Waals surface area contributed by atoms with E-state index in [4.69, 9.17) is 38.4 Å². The van der Waals surface area contributed by atoms with Crippen molar-refractivity contribution in [2.75, 3.05) is 25.6 Å². The predicted molar refractivity (Wildman–Crippen MR) is 69.8 cm³/mol. The smallest absolute Gasteiger partial charge is 0.234 e. The lowest BCUT2D eigenvalue weighted by molar-refractivity contribution is 0.0807. The summed E-state index contributed by atoms with van der Waals surface area (Å²) in [5.41, 5.74) is 5.55. The minimum Gasteiger partial charge on any atom is -0.474 e. The molecule has 2 N–H and O–H groups in total. The lowest BCUT2D eigenvalue weighted by atomic mass is 10.2. The number of nitrogens with zero attached hydrogens (tertiary/aromatic N) is 1. The molecule has 0 saturated carbocycles. The lowest BCUT2D eigenvalue weighted by Gasteiger charge is -2.10. The van der Waals surface area contributed by atoms with Crippen molar-refractivity contribution in [3.05, 3.63) is 16.1 Å². The van der Waals surface area contributed by atoms with Crippen molar-refractivity contribution >= 4 is 29.0 Å². The van der Waals surface area contributed by atoms with Crippen molar-refractivity contribution in [3.63, 3.8) is 0 Å². The molecule has 0 spiro atoms. The minimum atomic E-state index is 0.203. The van der Waals surface area contributed by atoms with Gasteiger partial charge in [-0.1, -0.05) is 37.0 Å². The van der Waals surface area contributed by atoms with Gasteiger partial charge in [0.2, 0.25) is 5.88 Å². The highest BCUT2D eigenvalue weighted by Gasteiger charge is 2.08. The van der Waals surface area contributed by atoms with Crippen LogP contribution in [0.15, 0.2) is 6.07 Å². The Morgan fingerprint density at radius 1 is 1.29 bits per heavy atom. The Morgan fingerprint density at radius 3 is 2.65 bits per heavy atom. The SMILES string of the molecule is CC(C)COCCOc1nc(N)c(Cl)cc1Cl. The van der Waals surface area contributed by atoms with E-state index in [1.807, 2.05) is 0 Å². The summed E-state index contributed by atoms with van der Waals surface area (Å²) in [6, 6.07) is 1.51. The molecule has 96 valence electrons. The van der Waals surface area contributed by atoms with Crippen molar-refractivity contribution in [2.24, 2.45) is 5.92 Å². The standard InChI is InChI=1S/C11H16Cl2N2O2/c1-7(2)6-16-3-4-17-11-9(13)5-8(12)10(14)15-11/h5,7H,3-4,6H2,1-2H3,(H2,14,15). The maximum atomic E-state index is 5.90. The van der Waals surface area contributed by atoms with Crippen LogP contribution < -0.4 is 10.5 Å². The van der Waals surface area contributed by atoms with Gasteiger partial charge in [-0.2, -0.15) is 4.98 Å². The number of hydrogen-bond donors (Lipinski definition) is 1. The zero-order valence-electron chi connectivity index (χ0n) is 9.87. The van der Waals surface area contributed by atoms with Crippen LogP contribution >= 0.6 is 23.2 Å².